The average molecular weight is 530 g/mol. The van der Waals surface area contributed by atoms with E-state index in [0.29, 0.717) is 42.6 Å². The van der Waals surface area contributed by atoms with Crippen LogP contribution in [-0.4, -0.2) is 46.1 Å². The second-order valence-corrected chi connectivity index (χ2v) is 11.3. The molecule has 0 radical (unpaired) electrons. The maximum Gasteiger partial charge on any atom is 0.306 e. The number of fused-ring (bicyclic) bond motifs is 2. The molecule has 0 amide bonds. The molecule has 8 heteroatoms. The lowest BCUT2D eigenvalue weighted by atomic mass is 10.1. The molecule has 1 N–H and O–H groups in total. The van der Waals surface area contributed by atoms with Gasteiger partial charge in [0.1, 0.15) is 11.1 Å². The number of aromatic amines is 1. The SMILES string of the molecule is C=c1nc2c(c(=O)[nH]1)=Nc1cc(C)c(C)cc1N2CCN(CCCC(=O)OC(C)(C)C)Cc1ccc(C)cc1. The van der Waals surface area contributed by atoms with Crippen molar-refractivity contribution in [2.75, 3.05) is 24.5 Å². The molecular weight excluding hydrogens is 490 g/mol. The summed E-state index contributed by atoms with van der Waals surface area (Å²) in [6.07, 6.45) is 1.04. The highest BCUT2D eigenvalue weighted by Crippen LogP contribution is 2.36. The maximum absolute atomic E-state index is 12.8. The number of carbonyl (C=O) groups excluding carboxylic acids is 1. The predicted octanol–water partition coefficient (Wildman–Crippen LogP) is 4.13. The number of hydrogen-bond acceptors (Lipinski definition) is 7. The molecule has 0 atom stereocenters. The van der Waals surface area contributed by atoms with E-state index in [1.54, 1.807) is 0 Å². The number of aromatic nitrogens is 2. The lowest BCUT2D eigenvalue weighted by Crippen LogP contribution is -2.44. The Morgan fingerprint density at radius 1 is 1.08 bits per heavy atom. The van der Waals surface area contributed by atoms with Crippen LogP contribution in [0.5, 0.6) is 0 Å². The molecule has 1 aliphatic heterocycles. The number of aryl methyl sites for hydroxylation is 3. The fourth-order valence-electron chi connectivity index (χ4n) is 4.64. The third-order valence-corrected chi connectivity index (χ3v) is 6.74. The Bertz CT molecular complexity index is 1520. The van der Waals surface area contributed by atoms with Gasteiger partial charge in [-0.3, -0.25) is 14.5 Å². The fraction of sp³-hybridized carbons (Fsp3) is 0.419. The molecule has 0 saturated heterocycles. The summed E-state index contributed by atoms with van der Waals surface area (Å²) in [6.45, 7) is 18.4. The van der Waals surface area contributed by atoms with Crippen molar-refractivity contribution in [2.24, 2.45) is 4.99 Å². The first-order chi connectivity index (χ1) is 18.4. The van der Waals surface area contributed by atoms with Crippen LogP contribution in [0.3, 0.4) is 0 Å². The van der Waals surface area contributed by atoms with E-state index >= 15 is 0 Å². The van der Waals surface area contributed by atoms with E-state index in [1.807, 2.05) is 33.8 Å². The van der Waals surface area contributed by atoms with E-state index in [-0.39, 0.29) is 11.5 Å². The Balaban J connectivity index is 1.59. The summed E-state index contributed by atoms with van der Waals surface area (Å²) in [7, 11) is 0. The number of nitrogens with zero attached hydrogens (tertiary/aromatic N) is 4. The number of esters is 1. The van der Waals surface area contributed by atoms with Gasteiger partial charge in [0.2, 0.25) is 0 Å². The Labute approximate surface area is 230 Å². The third-order valence-electron chi connectivity index (χ3n) is 6.74. The van der Waals surface area contributed by atoms with E-state index in [4.69, 9.17) is 4.74 Å². The standard InChI is InChI=1S/C31H39N5O3/c1-20-10-12-24(13-11-20)19-35(14-8-9-27(37)39-31(5,6)7)15-16-36-26-18-22(3)21(2)17-25(26)34-28-29(36)32-23(4)33-30(28)38/h10-13,17-18H,4,8-9,14-16,19H2,1-3,5-7H3,(H,33,38). The number of benzene rings is 2. The molecule has 4 rings (SSSR count). The third kappa shape index (κ3) is 7.20. The van der Waals surface area contributed by atoms with Crippen molar-refractivity contribution in [1.29, 1.82) is 0 Å². The van der Waals surface area contributed by atoms with E-state index in [1.165, 1.54) is 11.1 Å². The number of nitrogens with one attached hydrogen (secondary N) is 1. The van der Waals surface area contributed by atoms with Gasteiger partial charge >= 0.3 is 5.97 Å². The van der Waals surface area contributed by atoms with Crippen LogP contribution in [0, 0.1) is 20.8 Å². The molecule has 0 fully saturated rings. The summed E-state index contributed by atoms with van der Waals surface area (Å²) in [5.41, 5.74) is 5.87. The van der Waals surface area contributed by atoms with Crippen molar-refractivity contribution in [1.82, 2.24) is 14.9 Å². The molecule has 3 aromatic rings. The smallest absolute Gasteiger partial charge is 0.306 e. The van der Waals surface area contributed by atoms with Gasteiger partial charge in [-0.1, -0.05) is 36.4 Å². The first-order valence-electron chi connectivity index (χ1n) is 13.5. The quantitative estimate of drug-likeness (QED) is 0.419. The summed E-state index contributed by atoms with van der Waals surface area (Å²) in [5, 5.41) is 0.299. The molecule has 2 heterocycles. The molecule has 0 spiro atoms. The zero-order valence-corrected chi connectivity index (χ0v) is 23.9. The highest BCUT2D eigenvalue weighted by Gasteiger charge is 2.24. The Kier molecular flexibility index (Phi) is 8.35. The van der Waals surface area contributed by atoms with E-state index < -0.39 is 5.60 Å². The van der Waals surface area contributed by atoms with Gasteiger partial charge in [-0.05, 0) is 83.3 Å². The van der Waals surface area contributed by atoms with Gasteiger partial charge in [-0.2, -0.15) is 0 Å². The molecular formula is C31H39N5O3. The number of ether oxygens (including phenoxy) is 1. The van der Waals surface area contributed by atoms with Gasteiger partial charge in [-0.25, -0.2) is 9.98 Å². The van der Waals surface area contributed by atoms with E-state index in [9.17, 15) is 9.59 Å². The first-order valence-corrected chi connectivity index (χ1v) is 13.5. The number of carbonyl (C=O) groups is 1. The minimum atomic E-state index is -0.493. The van der Waals surface area contributed by atoms with Gasteiger partial charge < -0.3 is 14.6 Å². The number of hydrogen-bond donors (Lipinski definition) is 1. The number of anilines is 2. The van der Waals surface area contributed by atoms with Crippen molar-refractivity contribution >= 4 is 29.7 Å². The molecule has 206 valence electrons. The Hall–Kier alpha value is -3.78. The van der Waals surface area contributed by atoms with Crippen LogP contribution >= 0.6 is 0 Å². The summed E-state index contributed by atoms with van der Waals surface area (Å²) in [4.78, 5) is 41.5. The van der Waals surface area contributed by atoms with Crippen molar-refractivity contribution in [3.8, 4) is 0 Å². The van der Waals surface area contributed by atoms with Gasteiger partial charge in [0.05, 0.1) is 11.4 Å². The maximum atomic E-state index is 12.8. The summed E-state index contributed by atoms with van der Waals surface area (Å²) < 4.78 is 5.50. The molecule has 39 heavy (non-hydrogen) atoms. The van der Waals surface area contributed by atoms with Crippen molar-refractivity contribution < 1.29 is 9.53 Å². The summed E-state index contributed by atoms with van der Waals surface area (Å²) in [5.74, 6) is 0.332. The molecule has 2 aromatic carbocycles. The predicted molar refractivity (Wildman–Crippen MR) is 155 cm³/mol. The van der Waals surface area contributed by atoms with Crippen molar-refractivity contribution in [3.63, 3.8) is 0 Å². The Morgan fingerprint density at radius 2 is 1.77 bits per heavy atom. The fourth-order valence-corrected chi connectivity index (χ4v) is 4.64. The number of H-pyrrole nitrogens is 1. The zero-order chi connectivity index (χ0) is 28.3. The minimum absolute atomic E-state index is 0.185. The van der Waals surface area contributed by atoms with Crippen LogP contribution in [-0.2, 0) is 16.1 Å². The summed E-state index contributed by atoms with van der Waals surface area (Å²) >= 11 is 0. The van der Waals surface area contributed by atoms with Gasteiger partial charge in [0, 0.05) is 26.1 Å². The molecule has 0 saturated carbocycles. The molecule has 0 unspecified atom stereocenters. The topological polar surface area (TPSA) is 90.9 Å². The van der Waals surface area contributed by atoms with Crippen LogP contribution in [0.15, 0.2) is 46.2 Å². The van der Waals surface area contributed by atoms with Crippen LogP contribution in [0.1, 0.15) is 55.9 Å². The molecule has 0 aliphatic carbocycles. The van der Waals surface area contributed by atoms with Crippen LogP contribution in [0.2, 0.25) is 0 Å². The minimum Gasteiger partial charge on any atom is -0.460 e. The van der Waals surface area contributed by atoms with E-state index in [0.717, 1.165) is 35.6 Å². The second-order valence-electron chi connectivity index (χ2n) is 11.3. The van der Waals surface area contributed by atoms with Gasteiger partial charge in [0.25, 0.3) is 5.56 Å². The van der Waals surface area contributed by atoms with Crippen molar-refractivity contribution in [2.45, 2.75) is 66.5 Å². The van der Waals surface area contributed by atoms with E-state index in [2.05, 4.69) is 75.5 Å². The lowest BCUT2D eigenvalue weighted by Gasteiger charge is -2.31. The van der Waals surface area contributed by atoms with Crippen LogP contribution < -0.4 is 21.3 Å². The Morgan fingerprint density at radius 3 is 2.46 bits per heavy atom. The molecule has 0 bridgehead atoms. The van der Waals surface area contributed by atoms with Crippen LogP contribution in [0.4, 0.5) is 17.2 Å². The first kappa shape index (κ1) is 28.2. The second kappa shape index (κ2) is 11.5. The lowest BCUT2D eigenvalue weighted by molar-refractivity contribution is -0.155. The average Bonchev–Trinajstić information content (AvgIpc) is 2.83. The largest absolute Gasteiger partial charge is 0.460 e. The van der Waals surface area contributed by atoms with Gasteiger partial charge in [0.15, 0.2) is 11.2 Å². The van der Waals surface area contributed by atoms with Crippen molar-refractivity contribution in [3.05, 3.63) is 79.8 Å². The zero-order valence-electron chi connectivity index (χ0n) is 23.9. The highest BCUT2D eigenvalue weighted by molar-refractivity contribution is 5.77. The monoisotopic (exact) mass is 529 g/mol. The highest BCUT2D eigenvalue weighted by atomic mass is 16.6. The summed E-state index contributed by atoms with van der Waals surface area (Å²) in [6, 6.07) is 12.6. The van der Waals surface area contributed by atoms with Gasteiger partial charge in [-0.15, -0.1) is 0 Å². The molecule has 8 nitrogen and oxygen atoms in total. The normalized spacial score (nSPS) is 12.6. The van der Waals surface area contributed by atoms with Crippen LogP contribution in [0.25, 0.3) is 6.58 Å². The molecule has 1 aromatic heterocycles. The number of rotatable bonds is 9. The molecule has 1 aliphatic rings.